The van der Waals surface area contributed by atoms with Crippen LogP contribution in [0, 0.1) is 0 Å². The largest absolute Gasteiger partial charge is 0.379 e. The van der Waals surface area contributed by atoms with Gasteiger partial charge in [0.2, 0.25) is 0 Å². The molecule has 4 heteroatoms. The van der Waals surface area contributed by atoms with Crippen molar-refractivity contribution in [1.82, 2.24) is 4.90 Å². The summed E-state index contributed by atoms with van der Waals surface area (Å²) in [7, 11) is 3.85. The molecule has 0 bridgehead atoms. The second-order valence-corrected chi connectivity index (χ2v) is 6.39. The lowest BCUT2D eigenvalue weighted by atomic mass is 9.96. The van der Waals surface area contributed by atoms with Crippen LogP contribution in [-0.2, 0) is 4.74 Å². The SMILES string of the molecule is COC(C)(C)CC(CN)N(C)C(C)c1cccc(Cl)c1. The van der Waals surface area contributed by atoms with Gasteiger partial charge in [0.05, 0.1) is 5.60 Å². The third-order valence-corrected chi connectivity index (χ3v) is 4.30. The Morgan fingerprint density at radius 1 is 1.40 bits per heavy atom. The Morgan fingerprint density at radius 3 is 2.55 bits per heavy atom. The number of nitrogens with two attached hydrogens (primary N) is 1. The lowest BCUT2D eigenvalue weighted by molar-refractivity contribution is -0.00887. The molecule has 2 atom stereocenters. The molecule has 1 aromatic rings. The van der Waals surface area contributed by atoms with E-state index in [1.807, 2.05) is 18.2 Å². The molecule has 2 N–H and O–H groups in total. The highest BCUT2D eigenvalue weighted by Gasteiger charge is 2.27. The van der Waals surface area contributed by atoms with Gasteiger partial charge in [-0.15, -0.1) is 0 Å². The Balaban J connectivity index is 2.82. The zero-order valence-electron chi connectivity index (χ0n) is 13.2. The Kier molecular flexibility index (Phi) is 6.46. The first-order valence-electron chi connectivity index (χ1n) is 7.03. The van der Waals surface area contributed by atoms with Crippen LogP contribution in [0.25, 0.3) is 0 Å². The fourth-order valence-corrected chi connectivity index (χ4v) is 2.56. The molecule has 0 aromatic heterocycles. The van der Waals surface area contributed by atoms with Crippen molar-refractivity contribution in [3.8, 4) is 0 Å². The van der Waals surface area contributed by atoms with Crippen LogP contribution in [0.1, 0.15) is 38.8 Å². The molecule has 3 nitrogen and oxygen atoms in total. The molecule has 2 unspecified atom stereocenters. The van der Waals surface area contributed by atoms with Crippen molar-refractivity contribution in [1.29, 1.82) is 0 Å². The quantitative estimate of drug-likeness (QED) is 0.837. The van der Waals surface area contributed by atoms with Crippen LogP contribution in [0.2, 0.25) is 5.02 Å². The molecule has 0 aliphatic carbocycles. The molecule has 1 rings (SSSR count). The zero-order chi connectivity index (χ0) is 15.3. The van der Waals surface area contributed by atoms with Gasteiger partial charge in [-0.3, -0.25) is 4.90 Å². The van der Waals surface area contributed by atoms with Crippen LogP contribution < -0.4 is 5.73 Å². The summed E-state index contributed by atoms with van der Waals surface area (Å²) in [6.45, 7) is 6.96. The van der Waals surface area contributed by atoms with Crippen molar-refractivity contribution in [3.63, 3.8) is 0 Å². The van der Waals surface area contributed by atoms with E-state index in [-0.39, 0.29) is 17.7 Å². The number of rotatable bonds is 7. The molecule has 0 aliphatic rings. The van der Waals surface area contributed by atoms with E-state index in [1.54, 1.807) is 7.11 Å². The van der Waals surface area contributed by atoms with Crippen molar-refractivity contribution in [3.05, 3.63) is 34.9 Å². The Morgan fingerprint density at radius 2 is 2.05 bits per heavy atom. The average molecular weight is 299 g/mol. The number of nitrogens with zero attached hydrogens (tertiary/aromatic N) is 1. The summed E-state index contributed by atoms with van der Waals surface area (Å²) in [6.07, 6.45) is 0.890. The van der Waals surface area contributed by atoms with Crippen molar-refractivity contribution >= 4 is 11.6 Å². The predicted molar refractivity (Wildman–Crippen MR) is 86.2 cm³/mol. The van der Waals surface area contributed by atoms with Gasteiger partial charge in [-0.1, -0.05) is 23.7 Å². The van der Waals surface area contributed by atoms with Gasteiger partial charge in [0.25, 0.3) is 0 Å². The number of halogens is 1. The van der Waals surface area contributed by atoms with Crippen molar-refractivity contribution < 1.29 is 4.74 Å². The molecule has 20 heavy (non-hydrogen) atoms. The number of benzene rings is 1. The van der Waals surface area contributed by atoms with Crippen LogP contribution >= 0.6 is 11.6 Å². The third kappa shape index (κ3) is 4.74. The number of likely N-dealkylation sites (N-methyl/N-ethyl adjacent to an activating group) is 1. The summed E-state index contributed by atoms with van der Waals surface area (Å²) in [4.78, 5) is 2.30. The molecule has 0 radical (unpaired) electrons. The molecule has 114 valence electrons. The second-order valence-electron chi connectivity index (χ2n) is 5.95. The lowest BCUT2D eigenvalue weighted by Gasteiger charge is -2.37. The van der Waals surface area contributed by atoms with Crippen LogP contribution in [0.3, 0.4) is 0 Å². The van der Waals surface area contributed by atoms with E-state index in [2.05, 4.69) is 38.8 Å². The van der Waals surface area contributed by atoms with E-state index in [1.165, 1.54) is 5.56 Å². The summed E-state index contributed by atoms with van der Waals surface area (Å²) in [6, 6.07) is 8.51. The smallest absolute Gasteiger partial charge is 0.0638 e. The molecule has 0 amide bonds. The molecular formula is C16H27ClN2O. The Labute approximate surface area is 128 Å². The van der Waals surface area contributed by atoms with Gasteiger partial charge in [0.15, 0.2) is 0 Å². The molecule has 0 saturated carbocycles. The van der Waals surface area contributed by atoms with Gasteiger partial charge in [-0.25, -0.2) is 0 Å². The van der Waals surface area contributed by atoms with Crippen molar-refractivity contribution in [2.45, 2.75) is 44.9 Å². The van der Waals surface area contributed by atoms with Crippen LogP contribution in [0.15, 0.2) is 24.3 Å². The second kappa shape index (κ2) is 7.41. The van der Waals surface area contributed by atoms with E-state index in [9.17, 15) is 0 Å². The minimum Gasteiger partial charge on any atom is -0.379 e. The monoisotopic (exact) mass is 298 g/mol. The topological polar surface area (TPSA) is 38.5 Å². The van der Waals surface area contributed by atoms with E-state index >= 15 is 0 Å². The van der Waals surface area contributed by atoms with Crippen LogP contribution in [0.4, 0.5) is 0 Å². The average Bonchev–Trinajstić information content (AvgIpc) is 2.43. The number of ether oxygens (including phenoxy) is 1. The minimum atomic E-state index is -0.174. The minimum absolute atomic E-state index is 0.174. The molecular weight excluding hydrogens is 272 g/mol. The van der Waals surface area contributed by atoms with Crippen molar-refractivity contribution in [2.75, 3.05) is 20.7 Å². The first-order chi connectivity index (χ1) is 9.30. The Hall–Kier alpha value is -0.610. The van der Waals surface area contributed by atoms with E-state index < -0.39 is 0 Å². The highest BCUT2D eigenvalue weighted by atomic mass is 35.5. The number of hydrogen-bond donors (Lipinski definition) is 1. The maximum absolute atomic E-state index is 6.07. The number of hydrogen-bond acceptors (Lipinski definition) is 3. The lowest BCUT2D eigenvalue weighted by Crippen LogP contribution is -2.44. The highest BCUT2D eigenvalue weighted by molar-refractivity contribution is 6.30. The maximum atomic E-state index is 6.07. The number of methoxy groups -OCH3 is 1. The molecule has 1 aromatic carbocycles. The first-order valence-corrected chi connectivity index (χ1v) is 7.41. The Bertz CT molecular complexity index is 423. The highest BCUT2D eigenvalue weighted by Crippen LogP contribution is 2.26. The first kappa shape index (κ1) is 17.4. The van der Waals surface area contributed by atoms with Crippen LogP contribution in [0.5, 0.6) is 0 Å². The molecule has 0 fully saturated rings. The molecule has 0 spiro atoms. The van der Waals surface area contributed by atoms with E-state index in [0.29, 0.717) is 6.54 Å². The maximum Gasteiger partial charge on any atom is 0.0638 e. The van der Waals surface area contributed by atoms with Gasteiger partial charge < -0.3 is 10.5 Å². The zero-order valence-corrected chi connectivity index (χ0v) is 13.9. The fourth-order valence-electron chi connectivity index (χ4n) is 2.36. The molecule has 0 aliphatic heterocycles. The van der Waals surface area contributed by atoms with E-state index in [4.69, 9.17) is 22.1 Å². The molecule has 0 heterocycles. The summed E-state index contributed by atoms with van der Waals surface area (Å²) in [5.74, 6) is 0. The predicted octanol–water partition coefficient (Wildman–Crippen LogP) is 3.48. The molecule has 0 saturated heterocycles. The van der Waals surface area contributed by atoms with Gasteiger partial charge >= 0.3 is 0 Å². The standard InChI is InChI=1S/C16H27ClN2O/c1-12(13-7-6-8-14(17)9-13)19(4)15(11-18)10-16(2,3)20-5/h6-9,12,15H,10-11,18H2,1-5H3. The van der Waals surface area contributed by atoms with Gasteiger partial charge in [0.1, 0.15) is 0 Å². The third-order valence-electron chi connectivity index (χ3n) is 4.07. The fraction of sp³-hybridized carbons (Fsp3) is 0.625. The normalized spacial score (nSPS) is 15.4. The van der Waals surface area contributed by atoms with Gasteiger partial charge in [-0.2, -0.15) is 0 Å². The summed E-state index contributed by atoms with van der Waals surface area (Å²) < 4.78 is 5.52. The van der Waals surface area contributed by atoms with E-state index in [0.717, 1.165) is 11.4 Å². The summed E-state index contributed by atoms with van der Waals surface area (Å²) in [5.41, 5.74) is 6.99. The van der Waals surface area contributed by atoms with Crippen LogP contribution in [-0.4, -0.2) is 37.2 Å². The summed E-state index contributed by atoms with van der Waals surface area (Å²) >= 11 is 6.07. The van der Waals surface area contributed by atoms with Gasteiger partial charge in [0, 0.05) is 30.8 Å². The summed E-state index contributed by atoms with van der Waals surface area (Å²) in [5, 5.41) is 0.768. The van der Waals surface area contributed by atoms with Crippen molar-refractivity contribution in [2.24, 2.45) is 5.73 Å². The van der Waals surface area contributed by atoms with Gasteiger partial charge in [-0.05, 0) is 51.9 Å².